The predicted octanol–water partition coefficient (Wildman–Crippen LogP) is 3.81. The highest BCUT2D eigenvalue weighted by Crippen LogP contribution is 2.21. The van der Waals surface area contributed by atoms with Gasteiger partial charge in [-0.1, -0.05) is 6.07 Å². The molecule has 1 N–H and O–H groups in total. The first-order valence-corrected chi connectivity index (χ1v) is 9.12. The van der Waals surface area contributed by atoms with Gasteiger partial charge in [-0.25, -0.2) is 9.18 Å². The Labute approximate surface area is 157 Å². The van der Waals surface area contributed by atoms with Crippen molar-refractivity contribution in [1.82, 2.24) is 9.80 Å². The number of halogens is 2. The Kier molecular flexibility index (Phi) is 8.31. The van der Waals surface area contributed by atoms with Gasteiger partial charge in [-0.15, -0.1) is 0 Å². The summed E-state index contributed by atoms with van der Waals surface area (Å²) in [5, 5.41) is 10.3. The standard InChI is InChI=1S/C18H28BrFN2O3/c1-6-22(17(24)25-18(2,3)4)10-9-21(5)12-16(23)13-7-8-14(19)15(20)11-13/h7-8,11,16,23H,6,9-10,12H2,1-5H3. The van der Waals surface area contributed by atoms with Crippen molar-refractivity contribution < 1.29 is 19.0 Å². The summed E-state index contributed by atoms with van der Waals surface area (Å²) < 4.78 is 19.3. The van der Waals surface area contributed by atoms with E-state index >= 15 is 0 Å². The van der Waals surface area contributed by atoms with E-state index in [1.807, 2.05) is 39.6 Å². The number of benzene rings is 1. The maximum Gasteiger partial charge on any atom is 0.410 e. The molecule has 1 unspecified atom stereocenters. The fourth-order valence-electron chi connectivity index (χ4n) is 2.21. The zero-order valence-electron chi connectivity index (χ0n) is 15.6. The van der Waals surface area contributed by atoms with Gasteiger partial charge in [0, 0.05) is 26.2 Å². The van der Waals surface area contributed by atoms with E-state index in [1.54, 1.807) is 17.0 Å². The Bertz CT molecular complexity index is 578. The monoisotopic (exact) mass is 418 g/mol. The van der Waals surface area contributed by atoms with Crippen molar-refractivity contribution in [3.63, 3.8) is 0 Å². The molecule has 0 radical (unpaired) electrons. The van der Waals surface area contributed by atoms with Crippen LogP contribution in [0.1, 0.15) is 39.4 Å². The second kappa shape index (κ2) is 9.50. The number of carbonyl (C=O) groups is 1. The molecule has 0 fully saturated rings. The van der Waals surface area contributed by atoms with E-state index in [4.69, 9.17) is 4.74 Å². The Morgan fingerprint density at radius 1 is 1.36 bits per heavy atom. The van der Waals surface area contributed by atoms with E-state index < -0.39 is 17.5 Å². The molecule has 0 aliphatic carbocycles. The fourth-order valence-corrected chi connectivity index (χ4v) is 2.45. The minimum absolute atomic E-state index is 0.340. The first kappa shape index (κ1) is 21.9. The minimum atomic E-state index is -0.802. The lowest BCUT2D eigenvalue weighted by Crippen LogP contribution is -2.41. The number of aliphatic hydroxyl groups excluding tert-OH is 1. The molecule has 0 aromatic heterocycles. The third-order valence-corrected chi connectivity index (χ3v) is 4.24. The molecule has 1 rings (SSSR count). The molecule has 0 spiro atoms. The normalized spacial score (nSPS) is 13.0. The number of aliphatic hydroxyl groups is 1. The van der Waals surface area contributed by atoms with Gasteiger partial charge in [-0.3, -0.25) is 0 Å². The van der Waals surface area contributed by atoms with Crippen LogP contribution in [-0.2, 0) is 4.74 Å². The molecule has 142 valence electrons. The molecule has 0 heterocycles. The molecule has 1 atom stereocenters. The van der Waals surface area contributed by atoms with Crippen molar-refractivity contribution in [2.45, 2.75) is 39.4 Å². The SMILES string of the molecule is CCN(CCN(C)CC(O)c1ccc(Br)c(F)c1)C(=O)OC(C)(C)C. The highest BCUT2D eigenvalue weighted by molar-refractivity contribution is 9.10. The molecule has 1 aromatic carbocycles. The van der Waals surface area contributed by atoms with Gasteiger partial charge < -0.3 is 19.6 Å². The fraction of sp³-hybridized carbons (Fsp3) is 0.611. The number of likely N-dealkylation sites (N-methyl/N-ethyl adjacent to an activating group) is 2. The number of amides is 1. The maximum atomic E-state index is 13.6. The van der Waals surface area contributed by atoms with E-state index in [0.29, 0.717) is 36.2 Å². The Balaban J connectivity index is 2.53. The van der Waals surface area contributed by atoms with Crippen molar-refractivity contribution in [1.29, 1.82) is 0 Å². The molecule has 0 saturated heterocycles. The van der Waals surface area contributed by atoms with E-state index in [0.717, 1.165) is 0 Å². The van der Waals surface area contributed by atoms with Crippen molar-refractivity contribution in [2.24, 2.45) is 0 Å². The van der Waals surface area contributed by atoms with Crippen LogP contribution in [0.5, 0.6) is 0 Å². The predicted molar refractivity (Wildman–Crippen MR) is 100 cm³/mol. The molecule has 0 bridgehead atoms. The van der Waals surface area contributed by atoms with Gasteiger partial charge in [0.05, 0.1) is 10.6 Å². The van der Waals surface area contributed by atoms with E-state index in [2.05, 4.69) is 15.9 Å². The summed E-state index contributed by atoms with van der Waals surface area (Å²) in [7, 11) is 1.85. The van der Waals surface area contributed by atoms with Crippen LogP contribution in [0.2, 0.25) is 0 Å². The molecule has 1 amide bonds. The van der Waals surface area contributed by atoms with Crippen LogP contribution < -0.4 is 0 Å². The van der Waals surface area contributed by atoms with Crippen molar-refractivity contribution in [3.8, 4) is 0 Å². The number of hydrogen-bond donors (Lipinski definition) is 1. The van der Waals surface area contributed by atoms with Crippen molar-refractivity contribution in [3.05, 3.63) is 34.1 Å². The summed E-state index contributed by atoms with van der Waals surface area (Å²) in [4.78, 5) is 15.6. The zero-order valence-corrected chi connectivity index (χ0v) is 17.1. The van der Waals surface area contributed by atoms with Gasteiger partial charge in [-0.2, -0.15) is 0 Å². The van der Waals surface area contributed by atoms with Crippen LogP contribution in [0.4, 0.5) is 9.18 Å². The Morgan fingerprint density at radius 3 is 2.52 bits per heavy atom. The zero-order chi connectivity index (χ0) is 19.2. The third-order valence-electron chi connectivity index (χ3n) is 3.60. The van der Waals surface area contributed by atoms with Crippen LogP contribution in [-0.4, -0.2) is 59.8 Å². The third kappa shape index (κ3) is 7.71. The number of hydrogen-bond acceptors (Lipinski definition) is 4. The second-order valence-electron chi connectivity index (χ2n) is 7.01. The van der Waals surface area contributed by atoms with Crippen LogP contribution in [0.25, 0.3) is 0 Å². The summed E-state index contributed by atoms with van der Waals surface area (Å²) in [6.07, 6.45) is -1.15. The number of carbonyl (C=O) groups excluding carboxylic acids is 1. The van der Waals surface area contributed by atoms with Gasteiger partial charge >= 0.3 is 6.09 Å². The van der Waals surface area contributed by atoms with Crippen molar-refractivity contribution >= 4 is 22.0 Å². The number of ether oxygens (including phenoxy) is 1. The lowest BCUT2D eigenvalue weighted by Gasteiger charge is -2.28. The van der Waals surface area contributed by atoms with E-state index in [-0.39, 0.29) is 6.09 Å². The molecule has 5 nitrogen and oxygen atoms in total. The first-order valence-electron chi connectivity index (χ1n) is 8.33. The van der Waals surface area contributed by atoms with Crippen LogP contribution in [0.3, 0.4) is 0 Å². The summed E-state index contributed by atoms with van der Waals surface area (Å²) >= 11 is 3.10. The molecular weight excluding hydrogens is 391 g/mol. The molecule has 0 saturated carbocycles. The summed E-state index contributed by atoms with van der Waals surface area (Å²) in [6.45, 7) is 9.34. The summed E-state index contributed by atoms with van der Waals surface area (Å²) in [6, 6.07) is 4.58. The van der Waals surface area contributed by atoms with Crippen LogP contribution >= 0.6 is 15.9 Å². The summed E-state index contributed by atoms with van der Waals surface area (Å²) in [5.41, 5.74) is -0.00910. The molecule has 0 aliphatic rings. The number of rotatable bonds is 7. The Morgan fingerprint density at radius 2 is 2.00 bits per heavy atom. The molecule has 25 heavy (non-hydrogen) atoms. The van der Waals surface area contributed by atoms with Crippen LogP contribution in [0.15, 0.2) is 22.7 Å². The average Bonchev–Trinajstić information content (AvgIpc) is 2.48. The number of nitrogens with zero attached hydrogens (tertiary/aromatic N) is 2. The van der Waals surface area contributed by atoms with Gasteiger partial charge in [0.1, 0.15) is 11.4 Å². The lowest BCUT2D eigenvalue weighted by molar-refractivity contribution is 0.0239. The minimum Gasteiger partial charge on any atom is -0.444 e. The highest BCUT2D eigenvalue weighted by atomic mass is 79.9. The van der Waals surface area contributed by atoms with Crippen LogP contribution in [0, 0.1) is 5.82 Å². The molecule has 0 aliphatic heterocycles. The van der Waals surface area contributed by atoms with Crippen molar-refractivity contribution in [2.75, 3.05) is 33.2 Å². The van der Waals surface area contributed by atoms with Gasteiger partial charge in [-0.05, 0) is 68.4 Å². The highest BCUT2D eigenvalue weighted by Gasteiger charge is 2.21. The largest absolute Gasteiger partial charge is 0.444 e. The quantitative estimate of drug-likeness (QED) is 0.731. The van der Waals surface area contributed by atoms with E-state index in [1.165, 1.54) is 6.07 Å². The van der Waals surface area contributed by atoms with Gasteiger partial charge in [0.2, 0.25) is 0 Å². The summed E-state index contributed by atoms with van der Waals surface area (Å²) in [5.74, 6) is -0.402. The topological polar surface area (TPSA) is 53.0 Å². The maximum absolute atomic E-state index is 13.6. The van der Waals surface area contributed by atoms with Gasteiger partial charge in [0.15, 0.2) is 0 Å². The molecular formula is C18H28BrFN2O3. The van der Waals surface area contributed by atoms with Gasteiger partial charge in [0.25, 0.3) is 0 Å². The Hall–Kier alpha value is -1.18. The van der Waals surface area contributed by atoms with E-state index in [9.17, 15) is 14.3 Å². The second-order valence-corrected chi connectivity index (χ2v) is 7.87. The molecule has 7 heteroatoms. The lowest BCUT2D eigenvalue weighted by atomic mass is 10.1. The smallest absolute Gasteiger partial charge is 0.410 e. The average molecular weight is 419 g/mol. The first-order chi connectivity index (χ1) is 11.5. The molecule has 1 aromatic rings.